The van der Waals surface area contributed by atoms with Gasteiger partial charge in [0.05, 0.1) is 11.1 Å². The predicted molar refractivity (Wildman–Crippen MR) is 83.2 cm³/mol. The van der Waals surface area contributed by atoms with E-state index in [1.165, 1.54) is 31.3 Å². The number of hydrogen-bond donors (Lipinski definition) is 1. The zero-order chi connectivity index (χ0) is 15.6. The second-order valence-electron chi connectivity index (χ2n) is 3.99. The number of halogens is 2. The smallest absolute Gasteiger partial charge is 0.273 e. The van der Waals surface area contributed by atoms with E-state index in [4.69, 9.17) is 0 Å². The molecule has 0 fully saturated rings. The first-order valence-electron chi connectivity index (χ1n) is 5.63. The molecule has 108 valence electrons. The summed E-state index contributed by atoms with van der Waals surface area (Å²) >= 11 is 6.33. The third kappa shape index (κ3) is 3.42. The fraction of sp³-hybridized carbons (Fsp3) is 0.0833. The largest absolute Gasteiger partial charge is 0.304 e. The van der Waals surface area contributed by atoms with Crippen molar-refractivity contribution in [2.24, 2.45) is 0 Å². The number of nitro benzene ring substituents is 1. The van der Waals surface area contributed by atoms with Gasteiger partial charge in [0.15, 0.2) is 5.82 Å². The lowest BCUT2D eigenvalue weighted by Crippen LogP contribution is -2.15. The van der Waals surface area contributed by atoms with Gasteiger partial charge in [-0.15, -0.1) is 0 Å². The third-order valence-electron chi connectivity index (χ3n) is 2.68. The van der Waals surface area contributed by atoms with Crippen LogP contribution in [0, 0.1) is 17.0 Å². The van der Waals surface area contributed by atoms with Crippen molar-refractivity contribution in [1.82, 2.24) is 9.97 Å². The number of carbonyl (C=O) groups excluding carboxylic acids is 1. The fourth-order valence-electron chi connectivity index (χ4n) is 1.67. The third-order valence-corrected chi connectivity index (χ3v) is 3.61. The van der Waals surface area contributed by atoms with Gasteiger partial charge in [0, 0.05) is 17.2 Å². The molecular formula is C12H8Br2N4O3. The molecule has 0 aliphatic carbocycles. The minimum absolute atomic E-state index is 0.108. The Balaban J connectivity index is 2.33. The summed E-state index contributed by atoms with van der Waals surface area (Å²) in [6.45, 7) is 1.52. The van der Waals surface area contributed by atoms with Crippen LogP contribution in [0.3, 0.4) is 0 Å². The van der Waals surface area contributed by atoms with Gasteiger partial charge in [-0.1, -0.05) is 6.07 Å². The highest BCUT2D eigenvalue weighted by molar-refractivity contribution is 9.11. The molecule has 1 N–H and O–H groups in total. The van der Waals surface area contributed by atoms with Gasteiger partial charge >= 0.3 is 0 Å². The molecule has 2 rings (SSSR count). The van der Waals surface area contributed by atoms with Crippen molar-refractivity contribution in [2.75, 3.05) is 5.32 Å². The maximum atomic E-state index is 12.2. The predicted octanol–water partition coefficient (Wildman–Crippen LogP) is 3.47. The Morgan fingerprint density at radius 3 is 2.71 bits per heavy atom. The van der Waals surface area contributed by atoms with E-state index in [2.05, 4.69) is 47.1 Å². The van der Waals surface area contributed by atoms with Crippen LogP contribution >= 0.6 is 31.9 Å². The topological polar surface area (TPSA) is 98.0 Å². The van der Waals surface area contributed by atoms with Crippen molar-refractivity contribution in [3.8, 4) is 0 Å². The lowest BCUT2D eigenvalue weighted by atomic mass is 10.1. The molecule has 0 atom stereocenters. The lowest BCUT2D eigenvalue weighted by molar-refractivity contribution is -0.385. The Hall–Kier alpha value is -1.87. The Morgan fingerprint density at radius 2 is 2.10 bits per heavy atom. The number of nitrogens with zero attached hydrogens (tertiary/aromatic N) is 3. The molecule has 7 nitrogen and oxygen atoms in total. The summed E-state index contributed by atoms with van der Waals surface area (Å²) in [4.78, 5) is 30.6. The molecule has 0 bridgehead atoms. The minimum Gasteiger partial charge on any atom is -0.304 e. The molecule has 21 heavy (non-hydrogen) atoms. The number of aromatic nitrogens is 2. The highest BCUT2D eigenvalue weighted by Gasteiger charge is 2.19. The number of amides is 1. The molecule has 1 aromatic carbocycles. The van der Waals surface area contributed by atoms with Crippen molar-refractivity contribution in [3.63, 3.8) is 0 Å². The molecule has 0 unspecified atom stereocenters. The summed E-state index contributed by atoms with van der Waals surface area (Å²) in [6, 6.07) is 4.32. The Bertz CT molecular complexity index is 736. The van der Waals surface area contributed by atoms with E-state index in [1.807, 2.05) is 0 Å². The average Bonchev–Trinajstić information content (AvgIpc) is 2.41. The first kappa shape index (κ1) is 15.5. The summed E-state index contributed by atoms with van der Waals surface area (Å²) in [5.74, 6) is -0.261. The van der Waals surface area contributed by atoms with Gasteiger partial charge in [0.1, 0.15) is 9.21 Å². The van der Waals surface area contributed by atoms with Crippen molar-refractivity contribution in [2.45, 2.75) is 6.92 Å². The maximum Gasteiger partial charge on any atom is 0.273 e. The monoisotopic (exact) mass is 414 g/mol. The highest BCUT2D eigenvalue weighted by atomic mass is 79.9. The molecule has 9 heteroatoms. The van der Waals surface area contributed by atoms with Crippen LogP contribution in [-0.2, 0) is 0 Å². The van der Waals surface area contributed by atoms with Crippen LogP contribution < -0.4 is 5.32 Å². The van der Waals surface area contributed by atoms with E-state index in [9.17, 15) is 14.9 Å². The van der Waals surface area contributed by atoms with Crippen LogP contribution in [0.15, 0.2) is 33.6 Å². The molecule has 1 heterocycles. The minimum atomic E-state index is -0.526. The van der Waals surface area contributed by atoms with Gasteiger partial charge < -0.3 is 5.32 Å². The average molecular weight is 416 g/mol. The number of benzene rings is 1. The van der Waals surface area contributed by atoms with E-state index in [-0.39, 0.29) is 17.1 Å². The molecule has 1 amide bonds. The number of rotatable bonds is 3. The van der Waals surface area contributed by atoms with Crippen molar-refractivity contribution in [3.05, 3.63) is 54.8 Å². The normalized spacial score (nSPS) is 10.2. The molecule has 0 aliphatic heterocycles. The second kappa shape index (κ2) is 6.27. The van der Waals surface area contributed by atoms with E-state index >= 15 is 0 Å². The summed E-state index contributed by atoms with van der Waals surface area (Å²) in [5, 5.41) is 13.4. The fourth-order valence-corrected chi connectivity index (χ4v) is 2.58. The molecule has 0 aliphatic rings. The first-order valence-corrected chi connectivity index (χ1v) is 7.22. The molecule has 1 aromatic heterocycles. The van der Waals surface area contributed by atoms with E-state index in [0.29, 0.717) is 14.8 Å². The Kier molecular flexibility index (Phi) is 4.63. The second-order valence-corrected chi connectivity index (χ2v) is 5.56. The SMILES string of the molecule is Cc1c(C(=O)Nc2ncc(Br)nc2Br)cccc1[N+](=O)[O-]. The summed E-state index contributed by atoms with van der Waals surface area (Å²) in [5.41, 5.74) is 0.394. The van der Waals surface area contributed by atoms with Crippen LogP contribution in [0.5, 0.6) is 0 Å². The summed E-state index contributed by atoms with van der Waals surface area (Å²) in [6.07, 6.45) is 1.43. The molecule has 0 saturated carbocycles. The molecular weight excluding hydrogens is 408 g/mol. The standard InChI is InChI=1S/C12H8Br2N4O3/c1-6-7(3-2-4-8(6)18(20)21)12(19)17-11-10(14)16-9(13)5-15-11/h2-5H,1H3,(H,15,17,19). The Morgan fingerprint density at radius 1 is 1.38 bits per heavy atom. The van der Waals surface area contributed by atoms with Gasteiger partial charge in [0.2, 0.25) is 0 Å². The van der Waals surface area contributed by atoms with Crippen LogP contribution in [0.1, 0.15) is 15.9 Å². The van der Waals surface area contributed by atoms with Crippen molar-refractivity contribution >= 4 is 49.3 Å². The zero-order valence-electron chi connectivity index (χ0n) is 10.6. The van der Waals surface area contributed by atoms with Gasteiger partial charge in [-0.05, 0) is 44.8 Å². The van der Waals surface area contributed by atoms with E-state index in [0.717, 1.165) is 0 Å². The van der Waals surface area contributed by atoms with Crippen LogP contribution in [-0.4, -0.2) is 20.8 Å². The van der Waals surface area contributed by atoms with Gasteiger partial charge in [-0.2, -0.15) is 0 Å². The number of nitrogens with one attached hydrogen (secondary N) is 1. The molecule has 2 aromatic rings. The summed E-state index contributed by atoms with van der Waals surface area (Å²) in [7, 11) is 0. The zero-order valence-corrected chi connectivity index (χ0v) is 13.8. The highest BCUT2D eigenvalue weighted by Crippen LogP contribution is 2.24. The quantitative estimate of drug-likeness (QED) is 0.611. The van der Waals surface area contributed by atoms with Gasteiger partial charge in [0.25, 0.3) is 11.6 Å². The molecule has 0 spiro atoms. The number of anilines is 1. The van der Waals surface area contributed by atoms with Gasteiger partial charge in [-0.3, -0.25) is 14.9 Å². The first-order chi connectivity index (χ1) is 9.90. The van der Waals surface area contributed by atoms with Crippen molar-refractivity contribution < 1.29 is 9.72 Å². The van der Waals surface area contributed by atoms with Crippen LogP contribution in [0.2, 0.25) is 0 Å². The molecule has 0 saturated heterocycles. The van der Waals surface area contributed by atoms with E-state index in [1.54, 1.807) is 0 Å². The van der Waals surface area contributed by atoms with Gasteiger partial charge in [-0.25, -0.2) is 9.97 Å². The number of hydrogen-bond acceptors (Lipinski definition) is 5. The number of nitro groups is 1. The summed E-state index contributed by atoms with van der Waals surface area (Å²) < 4.78 is 0.868. The van der Waals surface area contributed by atoms with Crippen LogP contribution in [0.4, 0.5) is 11.5 Å². The van der Waals surface area contributed by atoms with Crippen molar-refractivity contribution in [1.29, 1.82) is 0 Å². The van der Waals surface area contributed by atoms with E-state index < -0.39 is 10.8 Å². The number of carbonyl (C=O) groups is 1. The maximum absolute atomic E-state index is 12.2. The van der Waals surface area contributed by atoms with Crippen LogP contribution in [0.25, 0.3) is 0 Å². The lowest BCUT2D eigenvalue weighted by Gasteiger charge is -2.08. The molecule has 0 radical (unpaired) electrons. The Labute approximate surface area is 136 Å².